The summed E-state index contributed by atoms with van der Waals surface area (Å²) >= 11 is 0. The molecule has 0 aliphatic heterocycles. The van der Waals surface area contributed by atoms with E-state index in [4.69, 9.17) is 4.98 Å². The fourth-order valence-corrected chi connectivity index (χ4v) is 4.43. The van der Waals surface area contributed by atoms with Crippen molar-refractivity contribution in [2.24, 2.45) is 7.05 Å². The molecule has 4 rings (SSSR count). The maximum absolute atomic E-state index is 4.71. The van der Waals surface area contributed by atoms with Gasteiger partial charge in [0.05, 0.1) is 0 Å². The first-order chi connectivity index (χ1) is 12.8. The summed E-state index contributed by atoms with van der Waals surface area (Å²) in [5, 5.41) is 2.45. The predicted octanol–water partition coefficient (Wildman–Crippen LogP) is 5.40. The molecule has 0 saturated heterocycles. The van der Waals surface area contributed by atoms with E-state index in [0.29, 0.717) is 5.92 Å². The molecule has 0 aromatic carbocycles. The van der Waals surface area contributed by atoms with E-state index in [9.17, 15) is 0 Å². The molecule has 27 heavy (non-hydrogen) atoms. The van der Waals surface area contributed by atoms with E-state index in [1.54, 1.807) is 0 Å². The van der Waals surface area contributed by atoms with Crippen molar-refractivity contribution in [2.45, 2.75) is 52.4 Å². The van der Waals surface area contributed by atoms with Gasteiger partial charge < -0.3 is 9.55 Å². The largest absolute Gasteiger partial charge is 0.343 e. The Morgan fingerprint density at radius 2 is 1.96 bits per heavy atom. The van der Waals surface area contributed by atoms with E-state index in [1.807, 2.05) is 18.5 Å². The number of hydrogen-bond donors (Lipinski definition) is 1. The van der Waals surface area contributed by atoms with Crippen molar-refractivity contribution in [3.05, 3.63) is 59.2 Å². The Kier molecular flexibility index (Phi) is 4.10. The zero-order chi connectivity index (χ0) is 19.3. The first kappa shape index (κ1) is 17.8. The minimum atomic E-state index is 0.0930. The van der Waals surface area contributed by atoms with Crippen molar-refractivity contribution in [3.8, 4) is 0 Å². The number of pyridine rings is 2. The van der Waals surface area contributed by atoms with E-state index < -0.39 is 0 Å². The number of nitrogens with one attached hydrogen (secondary N) is 1. The van der Waals surface area contributed by atoms with Crippen LogP contribution in [-0.2, 0) is 18.9 Å². The van der Waals surface area contributed by atoms with E-state index in [0.717, 1.165) is 17.7 Å². The fraction of sp³-hybridized carbons (Fsp3) is 0.391. The Bertz CT molecular complexity index is 1120. The van der Waals surface area contributed by atoms with Gasteiger partial charge in [0.25, 0.3) is 0 Å². The highest BCUT2D eigenvalue weighted by atomic mass is 15.0. The molecule has 0 spiro atoms. The standard InChI is InChI=1S/C23H28N4/c1-14(19-12-17-8-7-9-24-22(17)27(19)6)10-16-11-18-20(23(3,4)5)15(2)26-21(18)25-13-16/h7-9,11-14H,10H2,1-6H3,(H,25,26). The summed E-state index contributed by atoms with van der Waals surface area (Å²) in [5.74, 6) is 0.390. The molecule has 140 valence electrons. The van der Waals surface area contributed by atoms with Gasteiger partial charge in [-0.05, 0) is 54.2 Å². The lowest BCUT2D eigenvalue weighted by Gasteiger charge is -2.19. The molecule has 0 fully saturated rings. The number of aromatic amines is 1. The van der Waals surface area contributed by atoms with Crippen LogP contribution in [0.25, 0.3) is 22.1 Å². The molecule has 1 unspecified atom stereocenters. The molecule has 1 atom stereocenters. The van der Waals surface area contributed by atoms with Crippen molar-refractivity contribution in [1.29, 1.82) is 0 Å². The molecular weight excluding hydrogens is 332 g/mol. The Hall–Kier alpha value is -2.62. The maximum atomic E-state index is 4.71. The monoisotopic (exact) mass is 360 g/mol. The third kappa shape index (κ3) is 3.03. The van der Waals surface area contributed by atoms with E-state index in [2.05, 4.69) is 74.4 Å². The van der Waals surface area contributed by atoms with Crippen LogP contribution < -0.4 is 0 Å². The topological polar surface area (TPSA) is 46.5 Å². The quantitative estimate of drug-likeness (QED) is 0.531. The smallest absolute Gasteiger partial charge is 0.139 e. The van der Waals surface area contributed by atoms with Crippen LogP contribution >= 0.6 is 0 Å². The highest BCUT2D eigenvalue weighted by molar-refractivity contribution is 5.83. The van der Waals surface area contributed by atoms with Gasteiger partial charge in [0.15, 0.2) is 0 Å². The van der Waals surface area contributed by atoms with Gasteiger partial charge in [-0.15, -0.1) is 0 Å². The van der Waals surface area contributed by atoms with Crippen molar-refractivity contribution < 1.29 is 0 Å². The molecule has 4 aromatic rings. The number of H-pyrrole nitrogens is 1. The first-order valence-electron chi connectivity index (χ1n) is 9.63. The fourth-order valence-electron chi connectivity index (χ4n) is 4.43. The lowest BCUT2D eigenvalue weighted by Crippen LogP contribution is -2.12. The zero-order valence-corrected chi connectivity index (χ0v) is 17.1. The third-order valence-corrected chi connectivity index (χ3v) is 5.52. The van der Waals surface area contributed by atoms with Crippen LogP contribution in [-0.4, -0.2) is 19.5 Å². The lowest BCUT2D eigenvalue weighted by atomic mass is 9.85. The summed E-state index contributed by atoms with van der Waals surface area (Å²) in [6.07, 6.45) is 4.83. The summed E-state index contributed by atoms with van der Waals surface area (Å²) < 4.78 is 2.22. The van der Waals surface area contributed by atoms with Gasteiger partial charge in [0, 0.05) is 47.5 Å². The second-order valence-corrected chi connectivity index (χ2v) is 8.76. The molecule has 4 nitrogen and oxygen atoms in total. The minimum Gasteiger partial charge on any atom is -0.343 e. The number of aromatic nitrogens is 4. The van der Waals surface area contributed by atoms with Gasteiger partial charge in [-0.2, -0.15) is 0 Å². The number of hydrogen-bond acceptors (Lipinski definition) is 2. The molecule has 0 aliphatic carbocycles. The second-order valence-electron chi connectivity index (χ2n) is 8.76. The molecule has 0 amide bonds. The van der Waals surface area contributed by atoms with Crippen LogP contribution in [0.1, 0.15) is 56.1 Å². The molecule has 0 aliphatic rings. The first-order valence-corrected chi connectivity index (χ1v) is 9.63. The Morgan fingerprint density at radius 3 is 2.67 bits per heavy atom. The molecule has 4 heteroatoms. The van der Waals surface area contributed by atoms with E-state index in [1.165, 1.54) is 33.3 Å². The number of aryl methyl sites for hydroxylation is 2. The summed E-state index contributed by atoms with van der Waals surface area (Å²) in [7, 11) is 2.11. The van der Waals surface area contributed by atoms with Crippen molar-refractivity contribution in [1.82, 2.24) is 19.5 Å². The predicted molar refractivity (Wildman–Crippen MR) is 112 cm³/mol. The minimum absolute atomic E-state index is 0.0930. The van der Waals surface area contributed by atoms with Gasteiger partial charge in [-0.1, -0.05) is 27.7 Å². The number of nitrogens with zero attached hydrogens (tertiary/aromatic N) is 3. The average Bonchev–Trinajstić information content (AvgIpc) is 3.11. The molecule has 0 bridgehead atoms. The Balaban J connectivity index is 1.71. The van der Waals surface area contributed by atoms with Crippen LogP contribution in [0.5, 0.6) is 0 Å². The van der Waals surface area contributed by atoms with Crippen molar-refractivity contribution in [3.63, 3.8) is 0 Å². The van der Waals surface area contributed by atoms with Gasteiger partial charge in [-0.3, -0.25) is 0 Å². The Labute approximate surface area is 160 Å². The number of fused-ring (bicyclic) bond motifs is 2. The molecule has 0 radical (unpaired) electrons. The van der Waals surface area contributed by atoms with Crippen LogP contribution in [0, 0.1) is 6.92 Å². The van der Waals surface area contributed by atoms with E-state index >= 15 is 0 Å². The maximum Gasteiger partial charge on any atom is 0.139 e. The summed E-state index contributed by atoms with van der Waals surface area (Å²) in [5.41, 5.74) is 7.30. The molecule has 0 saturated carbocycles. The normalized spacial score (nSPS) is 13.6. The summed E-state index contributed by atoms with van der Waals surface area (Å²) in [6, 6.07) is 8.71. The Morgan fingerprint density at radius 1 is 1.19 bits per heavy atom. The lowest BCUT2D eigenvalue weighted by molar-refractivity contribution is 0.591. The van der Waals surface area contributed by atoms with Crippen LogP contribution in [0.2, 0.25) is 0 Å². The van der Waals surface area contributed by atoms with Gasteiger partial charge in [0.1, 0.15) is 11.3 Å². The zero-order valence-electron chi connectivity index (χ0n) is 17.1. The summed E-state index contributed by atoms with van der Waals surface area (Å²) in [4.78, 5) is 12.7. The van der Waals surface area contributed by atoms with Crippen molar-refractivity contribution in [2.75, 3.05) is 0 Å². The highest BCUT2D eigenvalue weighted by Gasteiger charge is 2.22. The van der Waals surface area contributed by atoms with Crippen LogP contribution in [0.4, 0.5) is 0 Å². The van der Waals surface area contributed by atoms with Gasteiger partial charge in [-0.25, -0.2) is 9.97 Å². The van der Waals surface area contributed by atoms with Crippen molar-refractivity contribution >= 4 is 22.1 Å². The molecular formula is C23H28N4. The van der Waals surface area contributed by atoms with Gasteiger partial charge in [0.2, 0.25) is 0 Å². The molecule has 4 heterocycles. The highest BCUT2D eigenvalue weighted by Crippen LogP contribution is 2.33. The third-order valence-electron chi connectivity index (χ3n) is 5.52. The SMILES string of the molecule is Cc1[nH]c2ncc(CC(C)c3cc4cccnc4n3C)cc2c1C(C)(C)C. The summed E-state index contributed by atoms with van der Waals surface area (Å²) in [6.45, 7) is 11.2. The average molecular weight is 361 g/mol. The van der Waals surface area contributed by atoms with Gasteiger partial charge >= 0.3 is 0 Å². The molecule has 4 aromatic heterocycles. The van der Waals surface area contributed by atoms with E-state index in [-0.39, 0.29) is 5.41 Å². The second kappa shape index (κ2) is 6.22. The van der Waals surface area contributed by atoms with Crippen LogP contribution in [0.15, 0.2) is 36.7 Å². The number of rotatable bonds is 3. The van der Waals surface area contributed by atoms with Crippen LogP contribution in [0.3, 0.4) is 0 Å². The molecule has 1 N–H and O–H groups in total.